The molecule has 1 aromatic rings. The second kappa shape index (κ2) is 6.69. The highest BCUT2D eigenvalue weighted by atomic mass is 32.2. The number of hydrogen-bond acceptors (Lipinski definition) is 4. The van der Waals surface area contributed by atoms with Crippen LogP contribution in [-0.2, 0) is 0 Å². The largest absolute Gasteiger partial charge is 0.329 e. The van der Waals surface area contributed by atoms with E-state index in [-0.39, 0.29) is 0 Å². The third kappa shape index (κ3) is 3.14. The summed E-state index contributed by atoms with van der Waals surface area (Å²) >= 11 is 1.79. The van der Waals surface area contributed by atoms with E-state index >= 15 is 0 Å². The average Bonchev–Trinajstić information content (AvgIpc) is 2.96. The van der Waals surface area contributed by atoms with Crippen LogP contribution in [0.25, 0.3) is 0 Å². The molecule has 0 aromatic heterocycles. The minimum atomic E-state index is 0.360. The predicted molar refractivity (Wildman–Crippen MR) is 90.8 cm³/mol. The van der Waals surface area contributed by atoms with E-state index in [2.05, 4.69) is 47.2 Å². The summed E-state index contributed by atoms with van der Waals surface area (Å²) in [5.41, 5.74) is 7.51. The highest BCUT2D eigenvalue weighted by molar-refractivity contribution is 7.98. The fourth-order valence-corrected chi connectivity index (χ4v) is 4.34. The first-order chi connectivity index (χ1) is 10.2. The highest BCUT2D eigenvalue weighted by Crippen LogP contribution is 2.31. The lowest BCUT2D eigenvalue weighted by atomic mass is 9.99. The van der Waals surface area contributed by atoms with Crippen molar-refractivity contribution in [2.45, 2.75) is 42.8 Å². The Balaban J connectivity index is 1.77. The van der Waals surface area contributed by atoms with Gasteiger partial charge in [0.15, 0.2) is 0 Å². The Morgan fingerprint density at radius 2 is 2.05 bits per heavy atom. The molecule has 2 fully saturated rings. The maximum atomic E-state index is 6.15. The molecule has 3 nitrogen and oxygen atoms in total. The first-order valence-electron chi connectivity index (χ1n) is 8.06. The van der Waals surface area contributed by atoms with Gasteiger partial charge in [-0.05, 0) is 50.3 Å². The molecule has 4 heteroatoms. The monoisotopic (exact) mass is 305 g/mol. The third-order valence-electron chi connectivity index (χ3n) is 5.11. The number of fused-ring (bicyclic) bond motifs is 1. The van der Waals surface area contributed by atoms with Crippen LogP contribution in [0.1, 0.15) is 31.4 Å². The number of benzene rings is 1. The van der Waals surface area contributed by atoms with E-state index in [1.54, 1.807) is 11.8 Å². The lowest BCUT2D eigenvalue weighted by Crippen LogP contribution is -2.56. The van der Waals surface area contributed by atoms with Crippen LogP contribution in [0.2, 0.25) is 0 Å². The summed E-state index contributed by atoms with van der Waals surface area (Å²) < 4.78 is 0. The van der Waals surface area contributed by atoms with Gasteiger partial charge >= 0.3 is 0 Å². The summed E-state index contributed by atoms with van der Waals surface area (Å²) in [6, 6.07) is 10.7. The van der Waals surface area contributed by atoms with Crippen LogP contribution in [-0.4, -0.2) is 54.3 Å². The minimum Gasteiger partial charge on any atom is -0.329 e. The molecule has 21 heavy (non-hydrogen) atoms. The SMILES string of the molecule is CSc1ccc(C(CN)N2CC3CCCN3CC2C)cc1. The average molecular weight is 305 g/mol. The summed E-state index contributed by atoms with van der Waals surface area (Å²) in [6.45, 7) is 6.72. The summed E-state index contributed by atoms with van der Waals surface area (Å²) in [7, 11) is 0. The lowest BCUT2D eigenvalue weighted by Gasteiger charge is -2.46. The summed E-state index contributed by atoms with van der Waals surface area (Å²) in [5, 5.41) is 0. The van der Waals surface area contributed by atoms with Crippen LogP contribution in [0.5, 0.6) is 0 Å². The molecular formula is C17H27N3S. The third-order valence-corrected chi connectivity index (χ3v) is 5.85. The molecule has 0 radical (unpaired) electrons. The Labute approximate surface area is 132 Å². The molecular weight excluding hydrogens is 278 g/mol. The van der Waals surface area contributed by atoms with E-state index in [1.807, 2.05) is 0 Å². The molecule has 0 aliphatic carbocycles. The van der Waals surface area contributed by atoms with Gasteiger partial charge in [-0.25, -0.2) is 0 Å². The van der Waals surface area contributed by atoms with Gasteiger partial charge in [0.25, 0.3) is 0 Å². The summed E-state index contributed by atoms with van der Waals surface area (Å²) in [6.07, 6.45) is 4.84. The van der Waals surface area contributed by atoms with Crippen LogP contribution >= 0.6 is 11.8 Å². The van der Waals surface area contributed by atoms with Gasteiger partial charge in [-0.1, -0.05) is 12.1 Å². The Morgan fingerprint density at radius 1 is 1.29 bits per heavy atom. The van der Waals surface area contributed by atoms with Crippen LogP contribution in [0, 0.1) is 0 Å². The molecule has 0 spiro atoms. The molecule has 2 saturated heterocycles. The summed E-state index contributed by atoms with van der Waals surface area (Å²) in [4.78, 5) is 6.63. The van der Waals surface area contributed by atoms with Gasteiger partial charge in [0.1, 0.15) is 0 Å². The maximum absolute atomic E-state index is 6.15. The van der Waals surface area contributed by atoms with E-state index in [1.165, 1.54) is 42.9 Å². The molecule has 0 amide bonds. The quantitative estimate of drug-likeness (QED) is 0.867. The molecule has 3 rings (SSSR count). The lowest BCUT2D eigenvalue weighted by molar-refractivity contribution is 0.0296. The van der Waals surface area contributed by atoms with E-state index in [9.17, 15) is 0 Å². The molecule has 2 heterocycles. The van der Waals surface area contributed by atoms with Gasteiger partial charge in [-0.15, -0.1) is 11.8 Å². The maximum Gasteiger partial charge on any atom is 0.0474 e. The van der Waals surface area contributed by atoms with Gasteiger partial charge in [0, 0.05) is 42.7 Å². The molecule has 3 unspecified atom stereocenters. The summed E-state index contributed by atoms with van der Waals surface area (Å²) in [5.74, 6) is 0. The van der Waals surface area contributed by atoms with Gasteiger partial charge in [0.2, 0.25) is 0 Å². The van der Waals surface area contributed by atoms with Gasteiger partial charge in [0.05, 0.1) is 0 Å². The smallest absolute Gasteiger partial charge is 0.0474 e. The van der Waals surface area contributed by atoms with Crippen molar-refractivity contribution in [2.75, 3.05) is 32.4 Å². The van der Waals surface area contributed by atoms with Crippen molar-refractivity contribution < 1.29 is 0 Å². The first kappa shape index (κ1) is 15.3. The molecule has 0 saturated carbocycles. The van der Waals surface area contributed by atoms with Crippen molar-refractivity contribution in [3.8, 4) is 0 Å². The van der Waals surface area contributed by atoms with Crippen LogP contribution in [0.15, 0.2) is 29.2 Å². The van der Waals surface area contributed by atoms with Crippen molar-refractivity contribution in [3.63, 3.8) is 0 Å². The topological polar surface area (TPSA) is 32.5 Å². The second-order valence-electron chi connectivity index (χ2n) is 6.36. The highest BCUT2D eigenvalue weighted by Gasteiger charge is 2.37. The number of nitrogens with two attached hydrogens (primary N) is 1. The van der Waals surface area contributed by atoms with E-state index < -0.39 is 0 Å². The Hall–Kier alpha value is -0.550. The van der Waals surface area contributed by atoms with Gasteiger partial charge in [-0.2, -0.15) is 0 Å². The molecule has 2 aliphatic heterocycles. The Bertz CT molecular complexity index is 462. The molecule has 2 N–H and O–H groups in total. The Morgan fingerprint density at radius 3 is 2.71 bits per heavy atom. The zero-order chi connectivity index (χ0) is 14.8. The van der Waals surface area contributed by atoms with E-state index in [0.29, 0.717) is 18.6 Å². The molecule has 3 atom stereocenters. The minimum absolute atomic E-state index is 0.360. The van der Waals surface area contributed by atoms with E-state index in [0.717, 1.165) is 6.04 Å². The van der Waals surface area contributed by atoms with Gasteiger partial charge in [-0.3, -0.25) is 9.80 Å². The molecule has 2 aliphatic rings. The van der Waals surface area contributed by atoms with Crippen LogP contribution in [0.4, 0.5) is 0 Å². The number of piperazine rings is 1. The predicted octanol–water partition coefficient (Wildman–Crippen LogP) is 2.58. The van der Waals surface area contributed by atoms with Crippen molar-refractivity contribution in [2.24, 2.45) is 5.73 Å². The standard InChI is InChI=1S/C17H27N3S/c1-13-11-19-9-3-4-15(19)12-20(13)17(10-18)14-5-7-16(21-2)8-6-14/h5-8,13,15,17H,3-4,9-12,18H2,1-2H3. The zero-order valence-electron chi connectivity index (χ0n) is 13.2. The van der Waals surface area contributed by atoms with Crippen molar-refractivity contribution in [1.82, 2.24) is 9.80 Å². The Kier molecular flexibility index (Phi) is 4.89. The first-order valence-corrected chi connectivity index (χ1v) is 9.29. The normalized spacial score (nSPS) is 28.5. The molecule has 0 bridgehead atoms. The van der Waals surface area contributed by atoms with Crippen molar-refractivity contribution in [3.05, 3.63) is 29.8 Å². The number of nitrogens with zero attached hydrogens (tertiary/aromatic N) is 2. The van der Waals surface area contributed by atoms with Crippen molar-refractivity contribution in [1.29, 1.82) is 0 Å². The second-order valence-corrected chi connectivity index (χ2v) is 7.24. The number of hydrogen-bond donors (Lipinski definition) is 1. The van der Waals surface area contributed by atoms with Gasteiger partial charge < -0.3 is 5.73 Å². The van der Waals surface area contributed by atoms with Crippen LogP contribution < -0.4 is 5.73 Å². The zero-order valence-corrected chi connectivity index (χ0v) is 14.0. The number of thioether (sulfide) groups is 1. The van der Waals surface area contributed by atoms with Crippen molar-refractivity contribution >= 4 is 11.8 Å². The fourth-order valence-electron chi connectivity index (χ4n) is 3.93. The molecule has 1 aromatic carbocycles. The van der Waals surface area contributed by atoms with Crippen LogP contribution in [0.3, 0.4) is 0 Å². The number of rotatable bonds is 4. The fraction of sp³-hybridized carbons (Fsp3) is 0.647. The van der Waals surface area contributed by atoms with E-state index in [4.69, 9.17) is 5.73 Å². The molecule has 116 valence electrons.